The molecule has 1 aromatic rings. The molecule has 0 radical (unpaired) electrons. The zero-order valence-electron chi connectivity index (χ0n) is 12.0. The molecule has 3 amide bonds. The van der Waals surface area contributed by atoms with Crippen LogP contribution < -0.4 is 20.5 Å². The summed E-state index contributed by atoms with van der Waals surface area (Å²) in [5, 5.41) is 2.80. The average molecular weight is 303 g/mol. The maximum absolute atomic E-state index is 11.8. The maximum atomic E-state index is 11.8. The number of benzene rings is 1. The van der Waals surface area contributed by atoms with E-state index in [2.05, 4.69) is 5.32 Å². The normalized spacial score (nSPS) is 17.2. The summed E-state index contributed by atoms with van der Waals surface area (Å²) in [5.74, 6) is 1.20. The van der Waals surface area contributed by atoms with Gasteiger partial charge in [0.2, 0.25) is 5.91 Å². The molecule has 116 valence electrons. The molecule has 1 saturated heterocycles. The van der Waals surface area contributed by atoms with Crippen molar-refractivity contribution in [3.63, 3.8) is 0 Å². The van der Waals surface area contributed by atoms with Crippen LogP contribution in [0.5, 0.6) is 11.5 Å². The summed E-state index contributed by atoms with van der Waals surface area (Å²) in [6.07, 6.45) is 3.16. The number of amides is 3. The molecule has 2 heterocycles. The number of carbonyl (C=O) groups excluding carboxylic acids is 2. The lowest BCUT2D eigenvalue weighted by Crippen LogP contribution is -2.62. The van der Waals surface area contributed by atoms with E-state index in [4.69, 9.17) is 15.2 Å². The van der Waals surface area contributed by atoms with Crippen molar-refractivity contribution in [2.24, 2.45) is 5.73 Å². The molecular formula is C15H17N3O4. The Labute approximate surface area is 127 Å². The first-order valence-corrected chi connectivity index (χ1v) is 7.04. The molecule has 0 aliphatic carbocycles. The second-order valence-electron chi connectivity index (χ2n) is 5.19. The van der Waals surface area contributed by atoms with Crippen molar-refractivity contribution in [1.29, 1.82) is 0 Å². The summed E-state index contributed by atoms with van der Waals surface area (Å²) in [6, 6.07) is 5.01. The smallest absolute Gasteiger partial charge is 0.314 e. The minimum Gasteiger partial charge on any atom is -0.486 e. The fourth-order valence-electron chi connectivity index (χ4n) is 2.33. The summed E-state index contributed by atoms with van der Waals surface area (Å²) in [7, 11) is 0. The zero-order chi connectivity index (χ0) is 15.5. The lowest BCUT2D eigenvalue weighted by molar-refractivity contribution is -0.117. The SMILES string of the molecule is NC(=O)N1CC(NC(=O)/C=C/c2ccc3c(c2)OCCO3)C1. The highest BCUT2D eigenvalue weighted by molar-refractivity contribution is 5.92. The lowest BCUT2D eigenvalue weighted by Gasteiger charge is -2.37. The van der Waals surface area contributed by atoms with E-state index in [1.54, 1.807) is 6.08 Å². The van der Waals surface area contributed by atoms with Crippen molar-refractivity contribution < 1.29 is 19.1 Å². The minimum absolute atomic E-state index is 0.0371. The third kappa shape index (κ3) is 3.13. The standard InChI is InChI=1S/C15H17N3O4/c16-15(20)18-8-11(9-18)17-14(19)4-2-10-1-3-12-13(7-10)22-6-5-21-12/h1-4,7,11H,5-6,8-9H2,(H2,16,20)(H,17,19)/b4-2+. The molecule has 7 nitrogen and oxygen atoms in total. The Morgan fingerprint density at radius 3 is 2.68 bits per heavy atom. The van der Waals surface area contributed by atoms with Gasteiger partial charge in [0, 0.05) is 19.2 Å². The molecule has 22 heavy (non-hydrogen) atoms. The molecule has 2 aliphatic heterocycles. The van der Waals surface area contributed by atoms with Gasteiger partial charge in [0.25, 0.3) is 0 Å². The fraction of sp³-hybridized carbons (Fsp3) is 0.333. The summed E-state index contributed by atoms with van der Waals surface area (Å²) in [5.41, 5.74) is 5.97. The van der Waals surface area contributed by atoms with Gasteiger partial charge in [-0.25, -0.2) is 4.79 Å². The van der Waals surface area contributed by atoms with Crippen LogP contribution in [0, 0.1) is 0 Å². The Balaban J connectivity index is 1.53. The molecule has 3 rings (SSSR count). The van der Waals surface area contributed by atoms with Crippen LogP contribution in [0.1, 0.15) is 5.56 Å². The topological polar surface area (TPSA) is 93.9 Å². The zero-order valence-corrected chi connectivity index (χ0v) is 12.0. The molecule has 1 fully saturated rings. The molecule has 1 aromatic carbocycles. The van der Waals surface area contributed by atoms with E-state index in [1.807, 2.05) is 18.2 Å². The molecule has 0 spiro atoms. The van der Waals surface area contributed by atoms with Crippen LogP contribution in [0.2, 0.25) is 0 Å². The van der Waals surface area contributed by atoms with E-state index in [0.717, 1.165) is 5.56 Å². The van der Waals surface area contributed by atoms with Crippen LogP contribution in [0.15, 0.2) is 24.3 Å². The number of fused-ring (bicyclic) bond motifs is 1. The minimum atomic E-state index is -0.461. The summed E-state index contributed by atoms with van der Waals surface area (Å²) in [4.78, 5) is 24.1. The molecule has 0 unspecified atom stereocenters. The number of carbonyl (C=O) groups is 2. The van der Waals surface area contributed by atoms with Crippen molar-refractivity contribution in [3.8, 4) is 11.5 Å². The van der Waals surface area contributed by atoms with Gasteiger partial charge in [-0.2, -0.15) is 0 Å². The molecule has 0 saturated carbocycles. The van der Waals surface area contributed by atoms with Crippen LogP contribution in [-0.4, -0.2) is 49.2 Å². The van der Waals surface area contributed by atoms with Crippen molar-refractivity contribution in [2.75, 3.05) is 26.3 Å². The maximum Gasteiger partial charge on any atom is 0.314 e. The predicted octanol–water partition coefficient (Wildman–Crippen LogP) is 0.350. The highest BCUT2D eigenvalue weighted by Gasteiger charge is 2.29. The third-order valence-corrected chi connectivity index (χ3v) is 3.53. The Hall–Kier alpha value is -2.70. The van der Waals surface area contributed by atoms with Crippen LogP contribution >= 0.6 is 0 Å². The highest BCUT2D eigenvalue weighted by Crippen LogP contribution is 2.31. The van der Waals surface area contributed by atoms with Gasteiger partial charge in [-0.1, -0.05) is 6.07 Å². The molecule has 0 aromatic heterocycles. The van der Waals surface area contributed by atoms with Crippen molar-refractivity contribution >= 4 is 18.0 Å². The summed E-state index contributed by atoms with van der Waals surface area (Å²) in [6.45, 7) is 1.99. The highest BCUT2D eigenvalue weighted by atomic mass is 16.6. The predicted molar refractivity (Wildman–Crippen MR) is 79.6 cm³/mol. The molecule has 0 atom stereocenters. The Morgan fingerprint density at radius 1 is 1.23 bits per heavy atom. The van der Waals surface area contributed by atoms with Crippen molar-refractivity contribution in [3.05, 3.63) is 29.8 Å². The van der Waals surface area contributed by atoms with E-state index < -0.39 is 6.03 Å². The average Bonchev–Trinajstić information content (AvgIpc) is 2.47. The largest absolute Gasteiger partial charge is 0.486 e. The van der Waals surface area contributed by atoms with E-state index in [0.29, 0.717) is 37.8 Å². The van der Waals surface area contributed by atoms with Crippen molar-refractivity contribution in [2.45, 2.75) is 6.04 Å². The number of urea groups is 1. The van der Waals surface area contributed by atoms with Gasteiger partial charge in [0.05, 0.1) is 6.04 Å². The van der Waals surface area contributed by atoms with Gasteiger partial charge in [-0.3, -0.25) is 4.79 Å². The fourth-order valence-corrected chi connectivity index (χ4v) is 2.33. The summed E-state index contributed by atoms with van der Waals surface area (Å²) < 4.78 is 10.9. The second kappa shape index (κ2) is 5.97. The van der Waals surface area contributed by atoms with E-state index >= 15 is 0 Å². The number of hydrogen-bond donors (Lipinski definition) is 2. The Morgan fingerprint density at radius 2 is 1.95 bits per heavy atom. The summed E-state index contributed by atoms with van der Waals surface area (Å²) >= 11 is 0. The number of nitrogens with zero attached hydrogens (tertiary/aromatic N) is 1. The van der Waals surface area contributed by atoms with Crippen LogP contribution in [0.3, 0.4) is 0 Å². The molecule has 3 N–H and O–H groups in total. The third-order valence-electron chi connectivity index (χ3n) is 3.53. The number of rotatable bonds is 3. The number of nitrogens with one attached hydrogen (secondary N) is 1. The monoisotopic (exact) mass is 303 g/mol. The van der Waals surface area contributed by atoms with Crippen LogP contribution in [0.4, 0.5) is 4.79 Å². The quantitative estimate of drug-likeness (QED) is 0.788. The first kappa shape index (κ1) is 14.2. The van der Waals surface area contributed by atoms with Gasteiger partial charge in [0.1, 0.15) is 13.2 Å². The van der Waals surface area contributed by atoms with Gasteiger partial charge >= 0.3 is 6.03 Å². The first-order chi connectivity index (χ1) is 10.6. The van der Waals surface area contributed by atoms with Gasteiger partial charge in [-0.15, -0.1) is 0 Å². The second-order valence-corrected chi connectivity index (χ2v) is 5.19. The van der Waals surface area contributed by atoms with Crippen LogP contribution in [0.25, 0.3) is 6.08 Å². The number of nitrogens with two attached hydrogens (primary N) is 1. The van der Waals surface area contributed by atoms with Crippen LogP contribution in [-0.2, 0) is 4.79 Å². The molecule has 2 aliphatic rings. The first-order valence-electron chi connectivity index (χ1n) is 7.04. The number of primary amides is 1. The van der Waals surface area contributed by atoms with E-state index in [9.17, 15) is 9.59 Å². The van der Waals surface area contributed by atoms with Gasteiger partial charge in [0.15, 0.2) is 11.5 Å². The molecule has 7 heteroatoms. The lowest BCUT2D eigenvalue weighted by atomic mass is 10.1. The van der Waals surface area contributed by atoms with E-state index in [-0.39, 0.29) is 11.9 Å². The molecular weight excluding hydrogens is 286 g/mol. The number of ether oxygens (including phenoxy) is 2. The van der Waals surface area contributed by atoms with Gasteiger partial charge < -0.3 is 25.4 Å². The Bertz CT molecular complexity index is 623. The van der Waals surface area contributed by atoms with E-state index in [1.165, 1.54) is 11.0 Å². The number of likely N-dealkylation sites (tertiary alicyclic amines) is 1. The Kier molecular flexibility index (Phi) is 3.86. The molecule has 0 bridgehead atoms. The van der Waals surface area contributed by atoms with Gasteiger partial charge in [-0.05, 0) is 23.8 Å². The van der Waals surface area contributed by atoms with Crippen molar-refractivity contribution in [1.82, 2.24) is 10.2 Å². The number of hydrogen-bond acceptors (Lipinski definition) is 4.